The molecule has 0 aliphatic carbocycles. The number of thiazole rings is 1. The maximum Gasteiger partial charge on any atom is 0.255 e. The topological polar surface area (TPSA) is 51.2 Å². The van der Waals surface area contributed by atoms with Crippen LogP contribution in [-0.2, 0) is 0 Å². The van der Waals surface area contributed by atoms with Crippen LogP contribution >= 0.6 is 11.3 Å². The van der Waals surface area contributed by atoms with E-state index in [0.717, 1.165) is 32.2 Å². The molecule has 5 heteroatoms. The molecular weight excluding hydrogens is 296 g/mol. The van der Waals surface area contributed by atoms with Gasteiger partial charge in [0.25, 0.3) is 5.91 Å². The van der Waals surface area contributed by atoms with Crippen LogP contribution < -0.4 is 10.1 Å². The van der Waals surface area contributed by atoms with Gasteiger partial charge in [0.1, 0.15) is 5.75 Å². The average molecular weight is 312 g/mol. The van der Waals surface area contributed by atoms with Crippen LogP contribution in [0.1, 0.15) is 20.9 Å². The summed E-state index contributed by atoms with van der Waals surface area (Å²) in [6.07, 6.45) is 0. The Kier molecular flexibility index (Phi) is 3.81. The molecule has 0 aliphatic heterocycles. The predicted octanol–water partition coefficient (Wildman–Crippen LogP) is 4.17. The fourth-order valence-electron chi connectivity index (χ4n) is 2.34. The number of rotatable bonds is 3. The molecule has 0 aliphatic rings. The largest absolute Gasteiger partial charge is 0.496 e. The van der Waals surface area contributed by atoms with Gasteiger partial charge in [-0.15, -0.1) is 11.3 Å². The minimum atomic E-state index is -0.133. The standard InChI is InChI=1S/C17H16N2O2S/c1-10-8-12(4-7-15(10)21-3)17(20)19-13-5-6-14-16(9-13)22-11(2)18-14/h4-9H,1-3H3,(H,19,20). The van der Waals surface area contributed by atoms with Crippen LogP contribution in [-0.4, -0.2) is 18.0 Å². The zero-order valence-electron chi connectivity index (χ0n) is 12.6. The smallest absolute Gasteiger partial charge is 0.255 e. The number of ether oxygens (including phenoxy) is 1. The Morgan fingerprint density at radius 2 is 2.00 bits per heavy atom. The Labute approximate surface area is 132 Å². The summed E-state index contributed by atoms with van der Waals surface area (Å²) in [6, 6.07) is 11.1. The van der Waals surface area contributed by atoms with Crippen LogP contribution in [0, 0.1) is 13.8 Å². The van der Waals surface area contributed by atoms with Gasteiger partial charge in [-0.1, -0.05) is 0 Å². The lowest BCUT2D eigenvalue weighted by Gasteiger charge is -2.08. The number of anilines is 1. The molecule has 2 aromatic carbocycles. The normalized spacial score (nSPS) is 10.7. The van der Waals surface area contributed by atoms with Gasteiger partial charge in [-0.05, 0) is 55.8 Å². The summed E-state index contributed by atoms with van der Waals surface area (Å²) in [7, 11) is 1.62. The fraction of sp³-hybridized carbons (Fsp3) is 0.176. The molecular formula is C17H16N2O2S. The summed E-state index contributed by atoms with van der Waals surface area (Å²) in [6.45, 7) is 3.89. The Balaban J connectivity index is 1.84. The summed E-state index contributed by atoms with van der Waals surface area (Å²) in [5, 5.41) is 3.94. The van der Waals surface area contributed by atoms with Gasteiger partial charge in [0.2, 0.25) is 0 Å². The molecule has 4 nitrogen and oxygen atoms in total. The van der Waals surface area contributed by atoms with E-state index in [1.807, 2.05) is 38.1 Å². The average Bonchev–Trinajstić information content (AvgIpc) is 2.86. The van der Waals surface area contributed by atoms with E-state index in [1.165, 1.54) is 0 Å². The highest BCUT2D eigenvalue weighted by Gasteiger charge is 2.09. The van der Waals surface area contributed by atoms with Gasteiger partial charge < -0.3 is 10.1 Å². The van der Waals surface area contributed by atoms with Crippen LogP contribution in [0.3, 0.4) is 0 Å². The third-order valence-electron chi connectivity index (χ3n) is 3.41. The van der Waals surface area contributed by atoms with Crippen LogP contribution in [0.25, 0.3) is 10.2 Å². The van der Waals surface area contributed by atoms with Crippen molar-refractivity contribution in [3.05, 3.63) is 52.5 Å². The van der Waals surface area contributed by atoms with Crippen molar-refractivity contribution in [2.24, 2.45) is 0 Å². The Bertz CT molecular complexity index is 855. The minimum Gasteiger partial charge on any atom is -0.496 e. The molecule has 1 amide bonds. The van der Waals surface area contributed by atoms with Crippen molar-refractivity contribution in [3.8, 4) is 5.75 Å². The Morgan fingerprint density at radius 3 is 2.73 bits per heavy atom. The molecule has 0 spiro atoms. The zero-order chi connectivity index (χ0) is 15.7. The van der Waals surface area contributed by atoms with Gasteiger partial charge in [-0.2, -0.15) is 0 Å². The Hall–Kier alpha value is -2.40. The van der Waals surface area contributed by atoms with Crippen LogP contribution in [0.15, 0.2) is 36.4 Å². The van der Waals surface area contributed by atoms with Crippen LogP contribution in [0.2, 0.25) is 0 Å². The summed E-state index contributed by atoms with van der Waals surface area (Å²) in [5.41, 5.74) is 3.28. The second-order valence-electron chi connectivity index (χ2n) is 5.05. The third-order valence-corrected chi connectivity index (χ3v) is 4.34. The second-order valence-corrected chi connectivity index (χ2v) is 6.29. The maximum absolute atomic E-state index is 12.3. The number of methoxy groups -OCH3 is 1. The van der Waals surface area contributed by atoms with Crippen molar-refractivity contribution in [1.82, 2.24) is 4.98 Å². The number of carbonyl (C=O) groups is 1. The molecule has 3 rings (SSSR count). The van der Waals surface area contributed by atoms with E-state index < -0.39 is 0 Å². The molecule has 0 saturated carbocycles. The number of benzene rings is 2. The molecule has 0 radical (unpaired) electrons. The van der Waals surface area contributed by atoms with E-state index in [4.69, 9.17) is 4.74 Å². The molecule has 1 aromatic heterocycles. The first kappa shape index (κ1) is 14.5. The summed E-state index contributed by atoms with van der Waals surface area (Å²) in [5.74, 6) is 0.643. The van der Waals surface area contributed by atoms with E-state index in [2.05, 4.69) is 10.3 Å². The van der Waals surface area contributed by atoms with Crippen molar-refractivity contribution in [3.63, 3.8) is 0 Å². The molecule has 0 fully saturated rings. The lowest BCUT2D eigenvalue weighted by atomic mass is 10.1. The van der Waals surface area contributed by atoms with E-state index in [1.54, 1.807) is 30.6 Å². The summed E-state index contributed by atoms with van der Waals surface area (Å²) < 4.78 is 6.28. The number of hydrogen-bond acceptors (Lipinski definition) is 4. The first-order valence-corrected chi connectivity index (χ1v) is 7.71. The van der Waals surface area contributed by atoms with Gasteiger partial charge in [0, 0.05) is 11.3 Å². The van der Waals surface area contributed by atoms with Crippen LogP contribution in [0.4, 0.5) is 5.69 Å². The van der Waals surface area contributed by atoms with Gasteiger partial charge in [0.05, 0.1) is 22.3 Å². The molecule has 1 N–H and O–H groups in total. The number of nitrogens with zero attached hydrogens (tertiary/aromatic N) is 1. The SMILES string of the molecule is COc1ccc(C(=O)Nc2ccc3nc(C)sc3c2)cc1C. The van der Waals surface area contributed by atoms with Gasteiger partial charge in [-0.3, -0.25) is 4.79 Å². The molecule has 3 aromatic rings. The molecule has 0 atom stereocenters. The van der Waals surface area contributed by atoms with Crippen molar-refractivity contribution in [2.75, 3.05) is 12.4 Å². The fourth-order valence-corrected chi connectivity index (χ4v) is 3.21. The number of hydrogen-bond donors (Lipinski definition) is 1. The maximum atomic E-state index is 12.3. The molecule has 22 heavy (non-hydrogen) atoms. The zero-order valence-corrected chi connectivity index (χ0v) is 13.5. The van der Waals surface area contributed by atoms with Crippen LogP contribution in [0.5, 0.6) is 5.75 Å². The van der Waals surface area contributed by atoms with E-state index in [9.17, 15) is 4.79 Å². The Morgan fingerprint density at radius 1 is 1.18 bits per heavy atom. The molecule has 112 valence electrons. The van der Waals surface area contributed by atoms with Crippen molar-refractivity contribution in [2.45, 2.75) is 13.8 Å². The van der Waals surface area contributed by atoms with Crippen molar-refractivity contribution in [1.29, 1.82) is 0 Å². The molecule has 0 bridgehead atoms. The quantitative estimate of drug-likeness (QED) is 0.789. The predicted molar refractivity (Wildman–Crippen MR) is 90.0 cm³/mol. The number of amides is 1. The number of aryl methyl sites for hydroxylation is 2. The number of aromatic nitrogens is 1. The number of fused-ring (bicyclic) bond motifs is 1. The minimum absolute atomic E-state index is 0.133. The highest BCUT2D eigenvalue weighted by Crippen LogP contribution is 2.25. The second kappa shape index (κ2) is 5.77. The monoisotopic (exact) mass is 312 g/mol. The highest BCUT2D eigenvalue weighted by atomic mass is 32.1. The molecule has 1 heterocycles. The van der Waals surface area contributed by atoms with E-state index in [0.29, 0.717) is 5.56 Å². The van der Waals surface area contributed by atoms with E-state index >= 15 is 0 Å². The summed E-state index contributed by atoms with van der Waals surface area (Å²) >= 11 is 1.62. The summed E-state index contributed by atoms with van der Waals surface area (Å²) in [4.78, 5) is 16.8. The van der Waals surface area contributed by atoms with Gasteiger partial charge >= 0.3 is 0 Å². The van der Waals surface area contributed by atoms with Crippen molar-refractivity contribution >= 4 is 33.1 Å². The highest BCUT2D eigenvalue weighted by molar-refractivity contribution is 7.18. The number of nitrogens with one attached hydrogen (secondary N) is 1. The number of carbonyl (C=O) groups excluding carboxylic acids is 1. The third kappa shape index (κ3) is 2.80. The van der Waals surface area contributed by atoms with Crippen molar-refractivity contribution < 1.29 is 9.53 Å². The first-order valence-electron chi connectivity index (χ1n) is 6.90. The molecule has 0 unspecified atom stereocenters. The lowest BCUT2D eigenvalue weighted by molar-refractivity contribution is 0.102. The van der Waals surface area contributed by atoms with E-state index in [-0.39, 0.29) is 5.91 Å². The first-order chi connectivity index (χ1) is 10.6. The lowest BCUT2D eigenvalue weighted by Crippen LogP contribution is -2.12. The van der Waals surface area contributed by atoms with Gasteiger partial charge in [0.15, 0.2) is 0 Å². The molecule has 0 saturated heterocycles. The van der Waals surface area contributed by atoms with Gasteiger partial charge in [-0.25, -0.2) is 4.98 Å².